The molecular weight excluding hydrogens is 686 g/mol. The average Bonchev–Trinajstić information content (AvgIpc) is 3.09. The molecule has 0 spiro atoms. The summed E-state index contributed by atoms with van der Waals surface area (Å²) in [6, 6.07) is 17.2. The van der Waals surface area contributed by atoms with Crippen molar-refractivity contribution < 1.29 is 33.4 Å². The first-order valence-corrected chi connectivity index (χ1v) is 19.5. The monoisotopic (exact) mass is 751 g/mol. The number of nitrogens with zero attached hydrogens (tertiary/aromatic N) is 1. The van der Waals surface area contributed by atoms with Crippen LogP contribution in [0.2, 0.25) is 0 Å². The van der Waals surface area contributed by atoms with Crippen LogP contribution >= 0.6 is 0 Å². The predicted molar refractivity (Wildman–Crippen MR) is 212 cm³/mol. The van der Waals surface area contributed by atoms with Crippen molar-refractivity contribution in [2.75, 3.05) is 26.2 Å². The largest absolute Gasteiger partial charge is 0.444 e. The summed E-state index contributed by atoms with van der Waals surface area (Å²) in [6.45, 7) is 14.2. The van der Waals surface area contributed by atoms with Gasteiger partial charge >= 0.3 is 12.2 Å². The zero-order valence-electron chi connectivity index (χ0n) is 33.6. The van der Waals surface area contributed by atoms with Crippen molar-refractivity contribution in [2.45, 2.75) is 136 Å². The zero-order valence-corrected chi connectivity index (χ0v) is 33.6. The van der Waals surface area contributed by atoms with E-state index in [1.54, 1.807) is 46.4 Å². The molecule has 4 N–H and O–H groups in total. The molecule has 0 unspecified atom stereocenters. The van der Waals surface area contributed by atoms with Crippen molar-refractivity contribution in [1.82, 2.24) is 26.2 Å². The molecule has 0 fully saturated rings. The van der Waals surface area contributed by atoms with Crippen molar-refractivity contribution in [3.05, 3.63) is 71.8 Å². The Balaban J connectivity index is 2.00. The number of hydrogen-bond acceptors (Lipinski definition) is 7. The molecule has 0 saturated carbocycles. The van der Waals surface area contributed by atoms with Gasteiger partial charge in [0.25, 0.3) is 0 Å². The van der Waals surface area contributed by atoms with E-state index >= 15 is 0 Å². The minimum atomic E-state index is -0.845. The number of rotatable bonds is 22. The Morgan fingerprint density at radius 3 is 1.39 bits per heavy atom. The third kappa shape index (κ3) is 20.6. The molecule has 2 atom stereocenters. The lowest BCUT2D eigenvalue weighted by molar-refractivity contribution is -0.131. The van der Waals surface area contributed by atoms with Crippen LogP contribution in [0.5, 0.6) is 0 Å². The predicted octanol–water partition coefficient (Wildman–Crippen LogP) is 6.46. The van der Waals surface area contributed by atoms with Crippen molar-refractivity contribution >= 4 is 29.9 Å². The summed E-state index contributed by atoms with van der Waals surface area (Å²) in [5.74, 6) is -0.649. The summed E-state index contributed by atoms with van der Waals surface area (Å²) in [6.07, 6.45) is 5.81. The van der Waals surface area contributed by atoms with Crippen LogP contribution in [0.15, 0.2) is 60.7 Å². The smallest absolute Gasteiger partial charge is 0.408 e. The molecule has 2 aromatic rings. The van der Waals surface area contributed by atoms with E-state index in [4.69, 9.17) is 9.47 Å². The average molecular weight is 752 g/mol. The summed E-state index contributed by atoms with van der Waals surface area (Å²) in [4.78, 5) is 66.9. The van der Waals surface area contributed by atoms with Gasteiger partial charge in [-0.25, -0.2) is 9.59 Å². The van der Waals surface area contributed by atoms with E-state index in [0.29, 0.717) is 58.3 Å². The molecule has 2 aromatic carbocycles. The third-order valence-electron chi connectivity index (χ3n) is 8.24. The standard InChI is InChI=1S/C42H65N5O7/c1-8-9-10-11-18-25-36(48)47(28-19-26-43-37(49)34(30-32-21-14-12-15-22-32)45-39(51)53-41(2,3)4)29-20-27-44-38(50)35(31-33-23-16-13-17-24-33)46-40(52)54-42(5,6)7/h12-17,21-24,34-35H,8-11,18-20,25-31H2,1-7H3,(H,43,49)(H,44,50)(H,45,51)(H,46,52)/t34-,35-/m1/s1. The van der Waals surface area contributed by atoms with Crippen LogP contribution in [0.3, 0.4) is 0 Å². The van der Waals surface area contributed by atoms with Crippen molar-refractivity contribution in [3.63, 3.8) is 0 Å². The number of ether oxygens (including phenoxy) is 2. The van der Waals surface area contributed by atoms with Crippen molar-refractivity contribution in [2.24, 2.45) is 0 Å². The Bertz CT molecular complexity index is 1330. The molecule has 2 rings (SSSR count). The Kier molecular flexibility index (Phi) is 20.2. The van der Waals surface area contributed by atoms with Gasteiger partial charge in [-0.15, -0.1) is 0 Å². The van der Waals surface area contributed by atoms with Gasteiger partial charge in [-0.3, -0.25) is 14.4 Å². The summed E-state index contributed by atoms with van der Waals surface area (Å²) >= 11 is 0. The van der Waals surface area contributed by atoms with Crippen LogP contribution in [0.25, 0.3) is 0 Å². The Labute approximate surface area is 322 Å². The maximum Gasteiger partial charge on any atom is 0.408 e. The van der Waals surface area contributed by atoms with E-state index in [1.807, 2.05) is 60.7 Å². The Morgan fingerprint density at radius 1 is 0.593 bits per heavy atom. The number of nitrogens with one attached hydrogen (secondary N) is 4. The fourth-order valence-electron chi connectivity index (χ4n) is 5.63. The first-order valence-electron chi connectivity index (χ1n) is 19.5. The number of alkyl carbamates (subject to hydrolysis) is 2. The van der Waals surface area contributed by atoms with Gasteiger partial charge in [-0.05, 0) is 71.9 Å². The highest BCUT2D eigenvalue weighted by atomic mass is 16.6. The van der Waals surface area contributed by atoms with Gasteiger partial charge in [-0.1, -0.05) is 93.3 Å². The second kappa shape index (κ2) is 23.9. The molecular formula is C42H65N5O7. The molecule has 12 heteroatoms. The second-order valence-corrected chi connectivity index (χ2v) is 15.6. The summed E-state index contributed by atoms with van der Waals surface area (Å²) in [5, 5.41) is 11.3. The minimum absolute atomic E-state index is 0.0336. The SMILES string of the molecule is CCCCCCCC(=O)N(CCCNC(=O)[C@@H](Cc1ccccc1)NC(=O)OC(C)(C)C)CCCNC(=O)[C@@H](Cc1ccccc1)NC(=O)OC(C)(C)C. The minimum Gasteiger partial charge on any atom is -0.444 e. The molecule has 0 aliphatic heterocycles. The van der Waals surface area contributed by atoms with E-state index in [-0.39, 0.29) is 17.7 Å². The van der Waals surface area contributed by atoms with Crippen molar-refractivity contribution in [3.8, 4) is 0 Å². The number of amides is 5. The second-order valence-electron chi connectivity index (χ2n) is 15.6. The van der Waals surface area contributed by atoms with Gasteiger partial charge in [0, 0.05) is 45.4 Å². The van der Waals surface area contributed by atoms with E-state index in [1.165, 1.54) is 0 Å². The third-order valence-corrected chi connectivity index (χ3v) is 8.24. The lowest BCUT2D eigenvalue weighted by Gasteiger charge is -2.25. The van der Waals surface area contributed by atoms with Gasteiger partial charge in [0.05, 0.1) is 0 Å². The molecule has 0 aliphatic rings. The first kappa shape index (κ1) is 45.5. The maximum atomic E-state index is 13.4. The highest BCUT2D eigenvalue weighted by Crippen LogP contribution is 2.12. The summed E-state index contributed by atoms with van der Waals surface area (Å²) in [7, 11) is 0. The van der Waals surface area contributed by atoms with Crippen LogP contribution in [-0.2, 0) is 36.7 Å². The Morgan fingerprint density at radius 2 is 1.00 bits per heavy atom. The van der Waals surface area contributed by atoms with Crippen molar-refractivity contribution in [1.29, 1.82) is 0 Å². The van der Waals surface area contributed by atoms with Crippen LogP contribution in [0.4, 0.5) is 9.59 Å². The molecule has 0 radical (unpaired) electrons. The van der Waals surface area contributed by atoms with E-state index < -0.39 is 35.5 Å². The molecule has 0 bridgehead atoms. The lowest BCUT2D eigenvalue weighted by Crippen LogP contribution is -2.50. The van der Waals surface area contributed by atoms with Gasteiger partial charge in [0.2, 0.25) is 17.7 Å². The molecule has 300 valence electrons. The molecule has 0 aliphatic carbocycles. The highest BCUT2D eigenvalue weighted by Gasteiger charge is 2.26. The maximum absolute atomic E-state index is 13.4. The quantitative estimate of drug-likeness (QED) is 0.101. The van der Waals surface area contributed by atoms with Crippen LogP contribution < -0.4 is 21.3 Å². The molecule has 0 heterocycles. The number of benzene rings is 2. The van der Waals surface area contributed by atoms with E-state index in [2.05, 4.69) is 28.2 Å². The Hall–Kier alpha value is -4.61. The van der Waals surface area contributed by atoms with Crippen LogP contribution in [0, 0.1) is 0 Å². The molecule has 54 heavy (non-hydrogen) atoms. The lowest BCUT2D eigenvalue weighted by atomic mass is 10.1. The van der Waals surface area contributed by atoms with Gasteiger partial charge in [0.15, 0.2) is 0 Å². The summed E-state index contributed by atoms with van der Waals surface area (Å²) < 4.78 is 10.8. The van der Waals surface area contributed by atoms with Gasteiger partial charge < -0.3 is 35.6 Å². The summed E-state index contributed by atoms with van der Waals surface area (Å²) in [5.41, 5.74) is 0.355. The molecule has 0 aromatic heterocycles. The van der Waals surface area contributed by atoms with Crippen LogP contribution in [0.1, 0.15) is 111 Å². The normalized spacial score (nSPS) is 12.5. The van der Waals surface area contributed by atoms with Gasteiger partial charge in [-0.2, -0.15) is 0 Å². The number of carbonyl (C=O) groups is 5. The zero-order chi connectivity index (χ0) is 40.0. The number of carbonyl (C=O) groups excluding carboxylic acids is 5. The van der Waals surface area contributed by atoms with Crippen LogP contribution in [-0.4, -0.2) is 84.3 Å². The number of unbranched alkanes of at least 4 members (excludes halogenated alkanes) is 4. The topological polar surface area (TPSA) is 155 Å². The fourth-order valence-corrected chi connectivity index (χ4v) is 5.63. The first-order chi connectivity index (χ1) is 25.6. The van der Waals surface area contributed by atoms with E-state index in [0.717, 1.165) is 43.2 Å². The van der Waals surface area contributed by atoms with E-state index in [9.17, 15) is 24.0 Å². The molecule has 5 amide bonds. The highest BCUT2D eigenvalue weighted by molar-refractivity contribution is 5.86. The molecule has 12 nitrogen and oxygen atoms in total. The number of hydrogen-bond donors (Lipinski definition) is 4. The van der Waals surface area contributed by atoms with Gasteiger partial charge in [0.1, 0.15) is 23.3 Å². The molecule has 0 saturated heterocycles. The fraction of sp³-hybridized carbons (Fsp3) is 0.595.